The number of benzene rings is 2. The summed E-state index contributed by atoms with van der Waals surface area (Å²) in [6, 6.07) is 17.6. The van der Waals surface area contributed by atoms with E-state index in [0.29, 0.717) is 49.0 Å². The fourth-order valence-electron chi connectivity index (χ4n) is 4.93. The second-order valence-corrected chi connectivity index (χ2v) is 10.1. The number of piperidine rings is 1. The van der Waals surface area contributed by atoms with Crippen LogP contribution in [0.4, 0.5) is 16.3 Å². The number of aromatic carboxylic acids is 1. The maximum Gasteiger partial charge on any atom is 0.415 e. The van der Waals surface area contributed by atoms with Crippen LogP contribution in [-0.2, 0) is 6.54 Å². The van der Waals surface area contributed by atoms with Crippen molar-refractivity contribution >= 4 is 29.5 Å². The summed E-state index contributed by atoms with van der Waals surface area (Å²) in [4.78, 5) is 46.7. The number of anilines is 2. The van der Waals surface area contributed by atoms with E-state index >= 15 is 0 Å². The number of aromatic nitrogens is 1. The molecular weight excluding hydrogens is 510 g/mol. The number of amides is 2. The molecule has 2 N–H and O–H groups in total. The van der Waals surface area contributed by atoms with Gasteiger partial charge in [0.15, 0.2) is 0 Å². The quantitative estimate of drug-likeness (QED) is 0.452. The molecule has 2 fully saturated rings. The Kier molecular flexibility index (Phi) is 8.56. The van der Waals surface area contributed by atoms with Crippen molar-refractivity contribution in [2.24, 2.45) is 0 Å². The summed E-state index contributed by atoms with van der Waals surface area (Å²) >= 11 is 0. The van der Waals surface area contributed by atoms with Gasteiger partial charge in [-0.15, -0.1) is 0 Å². The maximum atomic E-state index is 12.7. The second-order valence-electron chi connectivity index (χ2n) is 10.1. The first-order valence-electron chi connectivity index (χ1n) is 13.6. The Morgan fingerprint density at radius 1 is 0.800 bits per heavy atom. The lowest BCUT2D eigenvalue weighted by Crippen LogP contribution is -2.49. The molecule has 0 unspecified atom stereocenters. The molecule has 5 rings (SSSR count). The van der Waals surface area contributed by atoms with E-state index in [4.69, 9.17) is 9.84 Å². The molecule has 208 valence electrons. The Balaban J connectivity index is 1.07. The van der Waals surface area contributed by atoms with Crippen LogP contribution in [-0.4, -0.2) is 77.1 Å². The minimum Gasteiger partial charge on any atom is -0.478 e. The highest BCUT2D eigenvalue weighted by molar-refractivity contribution is 6.04. The summed E-state index contributed by atoms with van der Waals surface area (Å²) in [7, 11) is 0. The summed E-state index contributed by atoms with van der Waals surface area (Å²) in [5.41, 5.74) is 2.54. The van der Waals surface area contributed by atoms with Gasteiger partial charge in [0.05, 0.1) is 5.56 Å². The van der Waals surface area contributed by atoms with Gasteiger partial charge in [-0.05, 0) is 80.0 Å². The summed E-state index contributed by atoms with van der Waals surface area (Å²) in [5, 5.41) is 11.9. The SMILES string of the molecule is O=C(O)c1ccc(N2CCN(C(=O)Oc3ccc(NC(=O)c4ccc(CN5CCCCC5)cc4)cc3)CC2)nc1. The molecule has 0 atom stereocenters. The number of nitrogens with zero attached hydrogens (tertiary/aromatic N) is 4. The molecule has 0 saturated carbocycles. The second kappa shape index (κ2) is 12.6. The van der Waals surface area contributed by atoms with Gasteiger partial charge in [-0.25, -0.2) is 14.6 Å². The normalized spacial score (nSPS) is 15.9. The Bertz CT molecular complexity index is 1310. The number of piperazine rings is 1. The van der Waals surface area contributed by atoms with E-state index in [1.807, 2.05) is 29.2 Å². The molecule has 2 aliphatic heterocycles. The number of carbonyl (C=O) groups excluding carboxylic acids is 2. The molecule has 1 aromatic heterocycles. The first-order valence-corrected chi connectivity index (χ1v) is 13.6. The smallest absolute Gasteiger partial charge is 0.415 e. The van der Waals surface area contributed by atoms with Crippen LogP contribution in [0.1, 0.15) is 45.5 Å². The Morgan fingerprint density at radius 2 is 1.48 bits per heavy atom. The lowest BCUT2D eigenvalue weighted by molar-refractivity contribution is 0.0696. The summed E-state index contributed by atoms with van der Waals surface area (Å²) in [6.45, 7) is 5.19. The highest BCUT2D eigenvalue weighted by Gasteiger charge is 2.23. The van der Waals surface area contributed by atoms with E-state index in [9.17, 15) is 14.4 Å². The predicted molar refractivity (Wildman–Crippen MR) is 151 cm³/mol. The highest BCUT2D eigenvalue weighted by atomic mass is 16.6. The van der Waals surface area contributed by atoms with Crippen LogP contribution >= 0.6 is 0 Å². The van der Waals surface area contributed by atoms with Crippen LogP contribution < -0.4 is 15.0 Å². The molecular formula is C30H33N5O5. The van der Waals surface area contributed by atoms with Gasteiger partial charge >= 0.3 is 12.1 Å². The van der Waals surface area contributed by atoms with Crippen LogP contribution in [0.2, 0.25) is 0 Å². The van der Waals surface area contributed by atoms with Gasteiger partial charge < -0.3 is 25.0 Å². The molecule has 10 nitrogen and oxygen atoms in total. The van der Waals surface area contributed by atoms with Gasteiger partial charge in [0.2, 0.25) is 0 Å². The van der Waals surface area contributed by atoms with Gasteiger partial charge in [-0.3, -0.25) is 9.69 Å². The van der Waals surface area contributed by atoms with Crippen molar-refractivity contribution < 1.29 is 24.2 Å². The first kappa shape index (κ1) is 27.1. The molecule has 2 amide bonds. The van der Waals surface area contributed by atoms with Crippen molar-refractivity contribution in [2.45, 2.75) is 25.8 Å². The van der Waals surface area contributed by atoms with E-state index in [1.165, 1.54) is 37.1 Å². The third-order valence-corrected chi connectivity index (χ3v) is 7.25. The molecule has 2 aliphatic rings. The number of hydrogen-bond donors (Lipinski definition) is 2. The zero-order valence-electron chi connectivity index (χ0n) is 22.3. The highest BCUT2D eigenvalue weighted by Crippen LogP contribution is 2.20. The number of rotatable bonds is 7. The van der Waals surface area contributed by atoms with E-state index < -0.39 is 12.1 Å². The predicted octanol–water partition coefficient (Wildman–Crippen LogP) is 4.34. The number of hydrogen-bond acceptors (Lipinski definition) is 7. The number of carbonyl (C=O) groups is 3. The average Bonchev–Trinajstić information content (AvgIpc) is 2.99. The lowest BCUT2D eigenvalue weighted by Gasteiger charge is -2.34. The third-order valence-electron chi connectivity index (χ3n) is 7.25. The summed E-state index contributed by atoms with van der Waals surface area (Å²) in [5.74, 6) is -0.156. The summed E-state index contributed by atoms with van der Waals surface area (Å²) in [6.07, 6.45) is 4.69. The number of likely N-dealkylation sites (tertiary alicyclic amines) is 1. The first-order chi connectivity index (χ1) is 19.4. The molecule has 3 aromatic rings. The fourth-order valence-corrected chi connectivity index (χ4v) is 4.93. The minimum absolute atomic E-state index is 0.133. The molecule has 3 heterocycles. The van der Waals surface area contributed by atoms with Crippen LogP contribution in [0.3, 0.4) is 0 Å². The molecule has 0 aliphatic carbocycles. The minimum atomic E-state index is -1.02. The monoisotopic (exact) mass is 543 g/mol. The van der Waals surface area contributed by atoms with Gasteiger partial charge in [0, 0.05) is 50.2 Å². The fraction of sp³-hybridized carbons (Fsp3) is 0.333. The van der Waals surface area contributed by atoms with Crippen molar-refractivity contribution in [3.8, 4) is 5.75 Å². The largest absolute Gasteiger partial charge is 0.478 e. The third kappa shape index (κ3) is 6.95. The van der Waals surface area contributed by atoms with E-state index in [2.05, 4.69) is 15.2 Å². The maximum absolute atomic E-state index is 12.7. The van der Waals surface area contributed by atoms with Crippen LogP contribution in [0.25, 0.3) is 0 Å². The van der Waals surface area contributed by atoms with E-state index in [-0.39, 0.29) is 11.5 Å². The van der Waals surface area contributed by atoms with E-state index in [0.717, 1.165) is 19.6 Å². The van der Waals surface area contributed by atoms with Gasteiger partial charge in [0.25, 0.3) is 5.91 Å². The molecule has 2 aromatic carbocycles. The molecule has 0 bridgehead atoms. The molecule has 0 spiro atoms. The van der Waals surface area contributed by atoms with Crippen LogP contribution in [0, 0.1) is 0 Å². The van der Waals surface area contributed by atoms with Crippen molar-refractivity contribution in [3.63, 3.8) is 0 Å². The van der Waals surface area contributed by atoms with E-state index in [1.54, 1.807) is 35.2 Å². The number of carboxylic acid groups (broad SMARTS) is 1. The van der Waals surface area contributed by atoms with Crippen molar-refractivity contribution in [1.82, 2.24) is 14.8 Å². The zero-order valence-corrected chi connectivity index (χ0v) is 22.3. The molecule has 0 radical (unpaired) electrons. The van der Waals surface area contributed by atoms with Gasteiger partial charge in [0.1, 0.15) is 11.6 Å². The van der Waals surface area contributed by atoms with Crippen molar-refractivity contribution in [1.29, 1.82) is 0 Å². The Labute approximate surface area is 233 Å². The van der Waals surface area contributed by atoms with Crippen LogP contribution in [0.5, 0.6) is 5.75 Å². The molecule has 40 heavy (non-hydrogen) atoms. The lowest BCUT2D eigenvalue weighted by atomic mass is 10.1. The van der Waals surface area contributed by atoms with Gasteiger partial charge in [-0.1, -0.05) is 18.6 Å². The number of nitrogens with one attached hydrogen (secondary N) is 1. The molecule has 10 heteroatoms. The topological polar surface area (TPSA) is 115 Å². The number of carboxylic acids is 1. The standard InChI is InChI=1S/C30H33N5O5/c36-28(23-6-4-22(5-7-23)21-33-14-2-1-3-15-33)32-25-9-11-26(12-10-25)40-30(39)35-18-16-34(17-19-35)27-13-8-24(20-31-27)29(37)38/h4-13,20H,1-3,14-19,21H2,(H,32,36)(H,37,38). The van der Waals surface area contributed by atoms with Crippen molar-refractivity contribution in [3.05, 3.63) is 83.6 Å². The van der Waals surface area contributed by atoms with Crippen LogP contribution in [0.15, 0.2) is 66.9 Å². The zero-order chi connectivity index (χ0) is 27.9. The Morgan fingerprint density at radius 3 is 2.10 bits per heavy atom. The Hall–Kier alpha value is -4.44. The summed E-state index contributed by atoms with van der Waals surface area (Å²) < 4.78 is 5.53. The molecule has 2 saturated heterocycles. The average molecular weight is 544 g/mol. The van der Waals surface area contributed by atoms with Crippen molar-refractivity contribution in [2.75, 3.05) is 49.5 Å². The van der Waals surface area contributed by atoms with Gasteiger partial charge in [-0.2, -0.15) is 0 Å². The number of ether oxygens (including phenoxy) is 1. The number of pyridine rings is 1.